The first-order valence-corrected chi connectivity index (χ1v) is 8.32. The van der Waals surface area contributed by atoms with Gasteiger partial charge in [0, 0.05) is 12.6 Å². The van der Waals surface area contributed by atoms with Crippen molar-refractivity contribution in [2.45, 2.75) is 70.9 Å². The number of ether oxygens (including phenoxy) is 1. The Morgan fingerprint density at radius 3 is 2.62 bits per heavy atom. The van der Waals surface area contributed by atoms with Crippen LogP contribution >= 0.6 is 0 Å². The number of carbonyl (C=O) groups is 1. The normalized spacial score (nSPS) is 22.9. The Bertz CT molecular complexity index is 302. The van der Waals surface area contributed by atoms with Gasteiger partial charge in [0.1, 0.15) is 5.60 Å². The van der Waals surface area contributed by atoms with Crippen LogP contribution in [0.4, 0.5) is 4.79 Å². The minimum Gasteiger partial charge on any atom is -0.444 e. The van der Waals surface area contributed by atoms with Crippen LogP contribution in [0.25, 0.3) is 0 Å². The van der Waals surface area contributed by atoms with Crippen molar-refractivity contribution in [1.82, 2.24) is 10.6 Å². The molecule has 2 unspecified atom stereocenters. The molecule has 4 N–H and O–H groups in total. The van der Waals surface area contributed by atoms with E-state index in [1.165, 1.54) is 25.7 Å². The maximum Gasteiger partial charge on any atom is 0.407 e. The van der Waals surface area contributed by atoms with Gasteiger partial charge in [-0.15, -0.1) is 0 Å². The molecule has 5 heteroatoms. The van der Waals surface area contributed by atoms with Crippen LogP contribution in [-0.2, 0) is 4.74 Å². The predicted octanol–water partition coefficient (Wildman–Crippen LogP) is 2.40. The molecule has 0 aromatic carbocycles. The Balaban J connectivity index is 2.30. The lowest BCUT2D eigenvalue weighted by Crippen LogP contribution is -2.45. The van der Waals surface area contributed by atoms with Crippen molar-refractivity contribution in [3.63, 3.8) is 0 Å². The zero-order chi connectivity index (χ0) is 15.7. The van der Waals surface area contributed by atoms with E-state index in [1.807, 2.05) is 20.8 Å². The average molecular weight is 299 g/mol. The van der Waals surface area contributed by atoms with Crippen LogP contribution in [0.15, 0.2) is 0 Å². The van der Waals surface area contributed by atoms with Crippen molar-refractivity contribution in [3.8, 4) is 0 Å². The van der Waals surface area contributed by atoms with Gasteiger partial charge in [0.2, 0.25) is 0 Å². The minimum atomic E-state index is -0.434. The summed E-state index contributed by atoms with van der Waals surface area (Å²) in [6, 6.07) is 0.506. The molecule has 1 aliphatic carbocycles. The molecule has 0 saturated heterocycles. The van der Waals surface area contributed by atoms with Gasteiger partial charge in [0.05, 0.1) is 0 Å². The predicted molar refractivity (Wildman–Crippen MR) is 86.3 cm³/mol. The number of nitrogens with two attached hydrogens (primary N) is 1. The lowest BCUT2D eigenvalue weighted by Gasteiger charge is -2.32. The van der Waals surface area contributed by atoms with Gasteiger partial charge in [0.15, 0.2) is 0 Å². The third-order valence-corrected chi connectivity index (χ3v) is 3.85. The summed E-state index contributed by atoms with van der Waals surface area (Å²) in [6.07, 6.45) is 6.78. The summed E-state index contributed by atoms with van der Waals surface area (Å²) in [7, 11) is 0. The summed E-state index contributed by atoms with van der Waals surface area (Å²) < 4.78 is 5.29. The van der Waals surface area contributed by atoms with Crippen molar-refractivity contribution in [1.29, 1.82) is 0 Å². The fraction of sp³-hybridized carbons (Fsp3) is 0.938. The molecule has 1 amide bonds. The second-order valence-corrected chi connectivity index (χ2v) is 6.98. The standard InChI is InChI=1S/C16H33N3O2/c1-16(2,3)21-15(20)19-12-13-8-4-5-9-14(13)18-11-7-6-10-17/h13-14,18H,4-12,17H2,1-3H3,(H,19,20). The molecule has 1 aliphatic rings. The highest BCUT2D eigenvalue weighted by Crippen LogP contribution is 2.24. The molecule has 21 heavy (non-hydrogen) atoms. The molecule has 0 bridgehead atoms. The first-order valence-electron chi connectivity index (χ1n) is 8.32. The Morgan fingerprint density at radius 2 is 1.95 bits per heavy atom. The molecular weight excluding hydrogens is 266 g/mol. The lowest BCUT2D eigenvalue weighted by molar-refractivity contribution is 0.0510. The van der Waals surface area contributed by atoms with E-state index in [-0.39, 0.29) is 6.09 Å². The largest absolute Gasteiger partial charge is 0.444 e. The smallest absolute Gasteiger partial charge is 0.407 e. The van der Waals surface area contributed by atoms with Crippen LogP contribution in [0.3, 0.4) is 0 Å². The molecule has 0 aromatic rings. The third-order valence-electron chi connectivity index (χ3n) is 3.85. The summed E-state index contributed by atoms with van der Waals surface area (Å²) in [5.74, 6) is 0.504. The van der Waals surface area contributed by atoms with Gasteiger partial charge in [-0.2, -0.15) is 0 Å². The summed E-state index contributed by atoms with van der Waals surface area (Å²) >= 11 is 0. The van der Waals surface area contributed by atoms with Crippen LogP contribution in [0.2, 0.25) is 0 Å². The van der Waals surface area contributed by atoms with E-state index in [1.54, 1.807) is 0 Å². The van der Waals surface area contributed by atoms with Crippen LogP contribution in [0.5, 0.6) is 0 Å². The molecule has 1 saturated carbocycles. The SMILES string of the molecule is CC(C)(C)OC(=O)NCC1CCCCC1NCCCCN. The number of hydrogen-bond donors (Lipinski definition) is 3. The zero-order valence-corrected chi connectivity index (χ0v) is 13.9. The summed E-state index contributed by atoms with van der Waals surface area (Å²) in [6.45, 7) is 8.13. The van der Waals surface area contributed by atoms with Crippen molar-refractivity contribution >= 4 is 6.09 Å². The highest BCUT2D eigenvalue weighted by molar-refractivity contribution is 5.67. The fourth-order valence-corrected chi connectivity index (χ4v) is 2.81. The molecule has 0 aromatic heterocycles. The summed E-state index contributed by atoms with van der Waals surface area (Å²) in [5.41, 5.74) is 5.08. The van der Waals surface area contributed by atoms with E-state index in [9.17, 15) is 4.79 Å². The van der Waals surface area contributed by atoms with E-state index >= 15 is 0 Å². The number of unbranched alkanes of at least 4 members (excludes halogenated alkanes) is 1. The highest BCUT2D eigenvalue weighted by Gasteiger charge is 2.25. The molecule has 0 spiro atoms. The monoisotopic (exact) mass is 299 g/mol. The maximum absolute atomic E-state index is 11.7. The molecule has 0 aliphatic heterocycles. The van der Waals surface area contributed by atoms with Crippen LogP contribution < -0.4 is 16.4 Å². The van der Waals surface area contributed by atoms with E-state index < -0.39 is 5.60 Å². The fourth-order valence-electron chi connectivity index (χ4n) is 2.81. The van der Waals surface area contributed by atoms with Crippen LogP contribution in [0.1, 0.15) is 59.3 Å². The number of hydrogen-bond acceptors (Lipinski definition) is 4. The molecule has 5 nitrogen and oxygen atoms in total. The van der Waals surface area contributed by atoms with Gasteiger partial charge >= 0.3 is 6.09 Å². The first-order chi connectivity index (χ1) is 9.92. The van der Waals surface area contributed by atoms with E-state index in [0.717, 1.165) is 25.9 Å². The van der Waals surface area contributed by atoms with Crippen LogP contribution in [0, 0.1) is 5.92 Å². The topological polar surface area (TPSA) is 76.4 Å². The molecule has 1 fully saturated rings. The molecule has 0 heterocycles. The number of amides is 1. The van der Waals surface area contributed by atoms with Crippen molar-refractivity contribution in [2.75, 3.05) is 19.6 Å². The Morgan fingerprint density at radius 1 is 1.24 bits per heavy atom. The Labute approximate surface area is 129 Å². The van der Waals surface area contributed by atoms with Gasteiger partial charge in [-0.1, -0.05) is 12.8 Å². The van der Waals surface area contributed by atoms with Gasteiger partial charge in [-0.05, 0) is 65.5 Å². The highest BCUT2D eigenvalue weighted by atomic mass is 16.6. The van der Waals surface area contributed by atoms with E-state index in [2.05, 4.69) is 10.6 Å². The molecule has 1 rings (SSSR count). The molecule has 2 atom stereocenters. The second kappa shape index (κ2) is 9.26. The molecular formula is C16H33N3O2. The first kappa shape index (κ1) is 18.2. The number of alkyl carbamates (subject to hydrolysis) is 1. The van der Waals surface area contributed by atoms with E-state index in [0.29, 0.717) is 18.5 Å². The summed E-state index contributed by atoms with van der Waals surface area (Å²) in [4.78, 5) is 11.7. The Kier molecular flexibility index (Phi) is 8.04. The van der Waals surface area contributed by atoms with Gasteiger partial charge in [-0.25, -0.2) is 4.79 Å². The zero-order valence-electron chi connectivity index (χ0n) is 13.9. The number of nitrogens with one attached hydrogen (secondary N) is 2. The van der Waals surface area contributed by atoms with Gasteiger partial charge in [0.25, 0.3) is 0 Å². The number of carbonyl (C=O) groups excluding carboxylic acids is 1. The minimum absolute atomic E-state index is 0.310. The Hall–Kier alpha value is -0.810. The summed E-state index contributed by atoms with van der Waals surface area (Å²) in [5, 5.41) is 6.55. The third kappa shape index (κ3) is 8.27. The van der Waals surface area contributed by atoms with Crippen LogP contribution in [-0.4, -0.2) is 37.4 Å². The second-order valence-electron chi connectivity index (χ2n) is 6.98. The van der Waals surface area contributed by atoms with Gasteiger partial charge in [-0.3, -0.25) is 0 Å². The molecule has 124 valence electrons. The lowest BCUT2D eigenvalue weighted by atomic mass is 9.84. The number of rotatable bonds is 7. The van der Waals surface area contributed by atoms with Crippen molar-refractivity contribution < 1.29 is 9.53 Å². The van der Waals surface area contributed by atoms with Crippen molar-refractivity contribution in [2.24, 2.45) is 11.7 Å². The van der Waals surface area contributed by atoms with Crippen molar-refractivity contribution in [3.05, 3.63) is 0 Å². The quantitative estimate of drug-likeness (QED) is 0.631. The van der Waals surface area contributed by atoms with Gasteiger partial charge < -0.3 is 21.1 Å². The maximum atomic E-state index is 11.7. The molecule has 0 radical (unpaired) electrons. The average Bonchev–Trinajstić information content (AvgIpc) is 2.40. The van der Waals surface area contributed by atoms with E-state index in [4.69, 9.17) is 10.5 Å².